The third-order valence-corrected chi connectivity index (χ3v) is 6.20. The standard InChI is InChI=1S/C21H23F2N7O3S/c1-3-7-34(32,33)30-15-6-5-14(22)17(18(15)23)19(31)13-10-26-20-16(13)21(28-11-27-20)29-12(8-24)9-25-4-2/h5-6,8,10-11,24-25,30H,3-4,7,9H2,1-2H3,(H,26,27,28). The molecule has 34 heavy (non-hydrogen) atoms. The number of carbonyl (C=O) groups excluding carboxylic acids is 1. The lowest BCUT2D eigenvalue weighted by Gasteiger charge is -2.11. The molecule has 0 unspecified atom stereocenters. The molecule has 180 valence electrons. The predicted molar refractivity (Wildman–Crippen MR) is 126 cm³/mol. The maximum Gasteiger partial charge on any atom is 0.232 e. The number of fused-ring (bicyclic) bond motifs is 1. The molecule has 4 N–H and O–H groups in total. The van der Waals surface area contributed by atoms with Crippen LogP contribution in [-0.2, 0) is 10.0 Å². The highest BCUT2D eigenvalue weighted by atomic mass is 32.2. The van der Waals surface area contributed by atoms with Crippen LogP contribution in [0.4, 0.5) is 20.3 Å². The van der Waals surface area contributed by atoms with Crippen LogP contribution in [0, 0.1) is 17.0 Å². The van der Waals surface area contributed by atoms with Gasteiger partial charge in [-0.3, -0.25) is 9.52 Å². The summed E-state index contributed by atoms with van der Waals surface area (Å²) in [6.07, 6.45) is 3.73. The van der Waals surface area contributed by atoms with Crippen LogP contribution in [0.2, 0.25) is 0 Å². The second kappa shape index (κ2) is 10.6. The van der Waals surface area contributed by atoms with E-state index in [-0.39, 0.29) is 41.1 Å². The molecule has 13 heteroatoms. The number of sulfonamides is 1. The first-order valence-electron chi connectivity index (χ1n) is 10.4. The van der Waals surface area contributed by atoms with Crippen molar-refractivity contribution in [3.63, 3.8) is 0 Å². The van der Waals surface area contributed by atoms with Crippen LogP contribution >= 0.6 is 0 Å². The number of aromatic amines is 1. The Labute approximate surface area is 194 Å². The molecule has 3 rings (SSSR count). The second-order valence-electron chi connectivity index (χ2n) is 7.19. The van der Waals surface area contributed by atoms with E-state index in [0.29, 0.717) is 12.3 Å². The van der Waals surface area contributed by atoms with Crippen molar-refractivity contribution in [2.45, 2.75) is 20.3 Å². The van der Waals surface area contributed by atoms with Gasteiger partial charge < -0.3 is 15.7 Å². The van der Waals surface area contributed by atoms with E-state index in [1.807, 2.05) is 11.6 Å². The van der Waals surface area contributed by atoms with Crippen molar-refractivity contribution in [1.29, 1.82) is 5.41 Å². The summed E-state index contributed by atoms with van der Waals surface area (Å²) in [7, 11) is -3.88. The smallest absolute Gasteiger partial charge is 0.232 e. The van der Waals surface area contributed by atoms with E-state index in [9.17, 15) is 17.6 Å². The average Bonchev–Trinajstić information content (AvgIpc) is 3.23. The number of hydrogen-bond acceptors (Lipinski definition) is 8. The van der Waals surface area contributed by atoms with Gasteiger partial charge in [0.15, 0.2) is 11.6 Å². The molecular weight excluding hydrogens is 468 g/mol. The first-order valence-corrected chi connectivity index (χ1v) is 12.0. The fraction of sp³-hybridized carbons (Fsp3) is 0.286. The summed E-state index contributed by atoms with van der Waals surface area (Å²) in [4.78, 5) is 28.4. The number of ketones is 1. The first-order chi connectivity index (χ1) is 16.2. The molecule has 0 radical (unpaired) electrons. The molecule has 10 nitrogen and oxygen atoms in total. The molecule has 0 amide bonds. The number of rotatable bonds is 11. The first kappa shape index (κ1) is 25.1. The van der Waals surface area contributed by atoms with Crippen LogP contribution in [0.25, 0.3) is 11.0 Å². The quantitative estimate of drug-likeness (QED) is 0.239. The van der Waals surface area contributed by atoms with Crippen molar-refractivity contribution < 1.29 is 22.0 Å². The van der Waals surface area contributed by atoms with Crippen LogP contribution in [0.5, 0.6) is 0 Å². The van der Waals surface area contributed by atoms with Gasteiger partial charge in [0.2, 0.25) is 15.8 Å². The minimum atomic E-state index is -3.88. The number of halogens is 2. The molecule has 1 aromatic carbocycles. The van der Waals surface area contributed by atoms with Crippen LogP contribution in [0.15, 0.2) is 29.6 Å². The van der Waals surface area contributed by atoms with E-state index < -0.39 is 38.7 Å². The average molecular weight is 492 g/mol. The number of carbonyl (C=O) groups is 1. The molecule has 0 saturated heterocycles. The topological polar surface area (TPSA) is 153 Å². The maximum absolute atomic E-state index is 15.2. The summed E-state index contributed by atoms with van der Waals surface area (Å²) in [5.41, 5.74) is -1.12. The van der Waals surface area contributed by atoms with E-state index in [2.05, 4.69) is 25.3 Å². The third kappa shape index (κ3) is 5.31. The highest BCUT2D eigenvalue weighted by Gasteiger charge is 2.27. The fourth-order valence-corrected chi connectivity index (χ4v) is 4.32. The normalized spacial score (nSPS) is 12.2. The molecule has 0 aliphatic heterocycles. The monoisotopic (exact) mass is 491 g/mol. The van der Waals surface area contributed by atoms with E-state index in [1.54, 1.807) is 6.92 Å². The minimum Gasteiger partial charge on any atom is -0.345 e. The summed E-state index contributed by atoms with van der Waals surface area (Å²) in [5, 5.41) is 10.7. The number of benzene rings is 1. The highest BCUT2D eigenvalue weighted by molar-refractivity contribution is 7.92. The number of anilines is 1. The zero-order chi connectivity index (χ0) is 24.9. The predicted octanol–water partition coefficient (Wildman–Crippen LogP) is 2.95. The van der Waals surface area contributed by atoms with Gasteiger partial charge in [0.05, 0.1) is 33.7 Å². The maximum atomic E-state index is 15.2. The molecule has 2 heterocycles. The molecule has 2 aromatic heterocycles. The van der Waals surface area contributed by atoms with Crippen LogP contribution < -0.4 is 10.0 Å². The Morgan fingerprint density at radius 2 is 2.03 bits per heavy atom. The summed E-state index contributed by atoms with van der Waals surface area (Å²) < 4.78 is 55.9. The Bertz CT molecular complexity index is 1370. The summed E-state index contributed by atoms with van der Waals surface area (Å²) in [5.74, 6) is -3.78. The van der Waals surface area contributed by atoms with Crippen molar-refractivity contribution in [3.8, 4) is 0 Å². The van der Waals surface area contributed by atoms with Gasteiger partial charge in [-0.15, -0.1) is 0 Å². The van der Waals surface area contributed by atoms with E-state index in [1.165, 1.54) is 12.5 Å². The molecule has 0 aliphatic carbocycles. The Morgan fingerprint density at radius 3 is 2.71 bits per heavy atom. The number of aliphatic imine (C=N–C) groups is 1. The third-order valence-electron chi connectivity index (χ3n) is 4.72. The molecular formula is C21H23F2N7O3S. The SMILES string of the molecule is CCCS(=O)(=O)Nc1ccc(F)c(C(=O)c2c[nH]c3ncnc(N=C(C=N)CNCC)c23)c1F. The Kier molecular flexibility index (Phi) is 7.79. The molecule has 3 aromatic rings. The van der Waals surface area contributed by atoms with Gasteiger partial charge in [-0.1, -0.05) is 13.8 Å². The van der Waals surface area contributed by atoms with Crippen LogP contribution in [0.1, 0.15) is 36.2 Å². The van der Waals surface area contributed by atoms with E-state index in [0.717, 1.165) is 18.3 Å². The lowest BCUT2D eigenvalue weighted by atomic mass is 10.0. The summed E-state index contributed by atoms with van der Waals surface area (Å²) >= 11 is 0. The second-order valence-corrected chi connectivity index (χ2v) is 9.03. The number of aromatic nitrogens is 3. The fourth-order valence-electron chi connectivity index (χ4n) is 3.18. The van der Waals surface area contributed by atoms with E-state index >= 15 is 4.39 Å². The Balaban J connectivity index is 2.12. The van der Waals surface area contributed by atoms with Crippen molar-refractivity contribution in [2.24, 2.45) is 4.99 Å². The minimum absolute atomic E-state index is 0.0339. The van der Waals surface area contributed by atoms with Gasteiger partial charge in [-0.05, 0) is 25.1 Å². The van der Waals surface area contributed by atoms with Crippen molar-refractivity contribution in [1.82, 2.24) is 20.3 Å². The highest BCUT2D eigenvalue weighted by Crippen LogP contribution is 2.30. The van der Waals surface area contributed by atoms with Crippen LogP contribution in [0.3, 0.4) is 0 Å². The van der Waals surface area contributed by atoms with Gasteiger partial charge >= 0.3 is 0 Å². The van der Waals surface area contributed by atoms with E-state index in [4.69, 9.17) is 5.41 Å². The molecule has 0 fully saturated rings. The number of hydrogen-bond donors (Lipinski definition) is 4. The lowest BCUT2D eigenvalue weighted by molar-refractivity contribution is 0.103. The Morgan fingerprint density at radius 1 is 1.26 bits per heavy atom. The Hall–Kier alpha value is -3.58. The molecule has 0 atom stereocenters. The zero-order valence-electron chi connectivity index (χ0n) is 18.4. The van der Waals surface area contributed by atoms with Crippen molar-refractivity contribution in [3.05, 3.63) is 47.4 Å². The summed E-state index contributed by atoms with van der Waals surface area (Å²) in [6, 6.07) is 1.73. The molecule has 0 spiro atoms. The molecule has 0 aliphatic rings. The summed E-state index contributed by atoms with van der Waals surface area (Å²) in [6.45, 7) is 4.42. The van der Waals surface area contributed by atoms with Gasteiger partial charge in [0, 0.05) is 19.0 Å². The van der Waals surface area contributed by atoms with Gasteiger partial charge in [0.1, 0.15) is 17.8 Å². The van der Waals surface area contributed by atoms with Gasteiger partial charge in [-0.2, -0.15) is 0 Å². The number of nitrogens with one attached hydrogen (secondary N) is 4. The van der Waals surface area contributed by atoms with Gasteiger partial charge in [-0.25, -0.2) is 32.2 Å². The zero-order valence-corrected chi connectivity index (χ0v) is 19.3. The molecule has 0 bridgehead atoms. The van der Waals surface area contributed by atoms with Crippen molar-refractivity contribution >= 4 is 50.3 Å². The number of H-pyrrole nitrogens is 1. The molecule has 0 saturated carbocycles. The van der Waals surface area contributed by atoms with Crippen LogP contribution in [-0.4, -0.2) is 59.9 Å². The van der Waals surface area contributed by atoms with Crippen molar-refractivity contribution in [2.75, 3.05) is 23.6 Å². The lowest BCUT2D eigenvalue weighted by Crippen LogP contribution is -2.23. The van der Waals surface area contributed by atoms with Gasteiger partial charge in [0.25, 0.3) is 0 Å². The number of nitrogens with zero attached hydrogens (tertiary/aromatic N) is 3. The largest absolute Gasteiger partial charge is 0.345 e.